The molecule has 2 rings (SSSR count). The fourth-order valence-electron chi connectivity index (χ4n) is 2.23. The van der Waals surface area contributed by atoms with Crippen LogP contribution in [0.1, 0.15) is 31.1 Å². The molecular weight excluding hydrogens is 294 g/mol. The molecule has 0 aliphatic carbocycles. The van der Waals surface area contributed by atoms with Crippen LogP contribution < -0.4 is 0 Å². The average Bonchev–Trinajstić information content (AvgIpc) is 3.03. The molecule has 0 saturated carbocycles. The summed E-state index contributed by atoms with van der Waals surface area (Å²) in [7, 11) is 0. The Kier molecular flexibility index (Phi) is 6.69. The molecule has 0 radical (unpaired) electrons. The van der Waals surface area contributed by atoms with Crippen molar-refractivity contribution in [1.29, 1.82) is 0 Å². The highest BCUT2D eigenvalue weighted by Crippen LogP contribution is 2.19. The van der Waals surface area contributed by atoms with Crippen molar-refractivity contribution >= 4 is 5.97 Å². The molecule has 0 amide bonds. The van der Waals surface area contributed by atoms with Crippen LogP contribution in [0.2, 0.25) is 0 Å². The van der Waals surface area contributed by atoms with E-state index >= 15 is 0 Å². The van der Waals surface area contributed by atoms with Crippen LogP contribution in [-0.4, -0.2) is 29.1 Å². The monoisotopic (exact) mass is 317 g/mol. The molecule has 0 saturated heterocycles. The van der Waals surface area contributed by atoms with Crippen LogP contribution in [0.15, 0.2) is 47.1 Å². The molecule has 1 aromatic carbocycles. The summed E-state index contributed by atoms with van der Waals surface area (Å²) < 4.78 is 10.6. The van der Waals surface area contributed by atoms with Crippen molar-refractivity contribution in [2.45, 2.75) is 32.9 Å². The molecule has 0 aliphatic heterocycles. The van der Waals surface area contributed by atoms with Gasteiger partial charge in [-0.2, -0.15) is 0 Å². The van der Waals surface area contributed by atoms with Crippen LogP contribution in [0.25, 0.3) is 0 Å². The summed E-state index contributed by atoms with van der Waals surface area (Å²) in [6, 6.07) is 10.8. The number of furan rings is 1. The average molecular weight is 317 g/mol. The number of para-hydroxylation sites is 1. The van der Waals surface area contributed by atoms with Gasteiger partial charge in [0, 0.05) is 12.1 Å². The molecule has 5 nitrogen and oxygen atoms in total. The Morgan fingerprint density at radius 2 is 2.04 bits per heavy atom. The van der Waals surface area contributed by atoms with Crippen molar-refractivity contribution in [3.05, 3.63) is 54.0 Å². The number of carbonyl (C=O) groups is 1. The van der Waals surface area contributed by atoms with Gasteiger partial charge in [-0.1, -0.05) is 31.5 Å². The maximum Gasteiger partial charge on any atom is 0.320 e. The normalized spacial score (nSPS) is 10.9. The van der Waals surface area contributed by atoms with Gasteiger partial charge in [-0.25, -0.2) is 0 Å². The van der Waals surface area contributed by atoms with E-state index in [2.05, 4.69) is 6.92 Å². The highest BCUT2D eigenvalue weighted by Gasteiger charge is 2.15. The molecule has 124 valence electrons. The summed E-state index contributed by atoms with van der Waals surface area (Å²) in [5, 5.41) is 9.93. The van der Waals surface area contributed by atoms with E-state index in [4.69, 9.17) is 9.15 Å². The maximum atomic E-state index is 12.0. The lowest BCUT2D eigenvalue weighted by Crippen LogP contribution is -2.30. The quantitative estimate of drug-likeness (QED) is 0.568. The molecule has 1 aromatic heterocycles. The Morgan fingerprint density at radius 3 is 2.74 bits per heavy atom. The predicted octanol–water partition coefficient (Wildman–Crippen LogP) is 3.33. The molecule has 0 aliphatic rings. The fraction of sp³-hybridized carbons (Fsp3) is 0.389. The van der Waals surface area contributed by atoms with E-state index in [1.54, 1.807) is 18.4 Å². The highest BCUT2D eigenvalue weighted by molar-refractivity contribution is 5.71. The first kappa shape index (κ1) is 17.1. The number of hydrogen-bond donors (Lipinski definition) is 1. The number of esters is 1. The minimum atomic E-state index is -0.263. The standard InChI is InChI=1S/C18H23NO4/c1-2-3-10-23-18(21)14-19(13-16-8-6-11-22-16)12-15-7-4-5-9-17(15)20/h4-9,11,20H,2-3,10,12-14H2,1H3. The van der Waals surface area contributed by atoms with E-state index in [0.717, 1.165) is 24.2 Å². The van der Waals surface area contributed by atoms with Gasteiger partial charge >= 0.3 is 5.97 Å². The molecule has 2 aromatic rings. The van der Waals surface area contributed by atoms with Crippen LogP contribution in [0.4, 0.5) is 0 Å². The summed E-state index contributed by atoms with van der Waals surface area (Å²) in [5.41, 5.74) is 0.764. The van der Waals surface area contributed by atoms with Gasteiger partial charge < -0.3 is 14.3 Å². The number of aromatic hydroxyl groups is 1. The zero-order valence-corrected chi connectivity index (χ0v) is 13.4. The van der Waals surface area contributed by atoms with Crippen molar-refractivity contribution in [1.82, 2.24) is 4.90 Å². The van der Waals surface area contributed by atoms with Gasteiger partial charge in [0.1, 0.15) is 11.5 Å². The number of nitrogens with zero attached hydrogens (tertiary/aromatic N) is 1. The van der Waals surface area contributed by atoms with Crippen molar-refractivity contribution in [2.24, 2.45) is 0 Å². The van der Waals surface area contributed by atoms with Crippen LogP contribution in [0, 0.1) is 0 Å². The third-order valence-corrected chi connectivity index (χ3v) is 3.46. The molecule has 0 unspecified atom stereocenters. The van der Waals surface area contributed by atoms with Gasteiger partial charge in [0.25, 0.3) is 0 Å². The van der Waals surface area contributed by atoms with Gasteiger partial charge in [0.05, 0.1) is 26.0 Å². The molecule has 1 N–H and O–H groups in total. The first-order chi connectivity index (χ1) is 11.2. The molecule has 5 heteroatoms. The third-order valence-electron chi connectivity index (χ3n) is 3.46. The molecule has 0 fully saturated rings. The topological polar surface area (TPSA) is 62.9 Å². The van der Waals surface area contributed by atoms with Gasteiger partial charge in [-0.3, -0.25) is 9.69 Å². The molecule has 0 bridgehead atoms. The number of phenolic OH excluding ortho intramolecular Hbond substituents is 1. The van der Waals surface area contributed by atoms with E-state index < -0.39 is 0 Å². The largest absolute Gasteiger partial charge is 0.508 e. The number of unbranched alkanes of at least 4 members (excludes halogenated alkanes) is 1. The highest BCUT2D eigenvalue weighted by atomic mass is 16.5. The van der Waals surface area contributed by atoms with Gasteiger partial charge in [-0.05, 0) is 24.6 Å². The van der Waals surface area contributed by atoms with Gasteiger partial charge in [-0.15, -0.1) is 0 Å². The van der Waals surface area contributed by atoms with E-state index in [1.165, 1.54) is 0 Å². The van der Waals surface area contributed by atoms with Crippen LogP contribution in [-0.2, 0) is 22.6 Å². The summed E-state index contributed by atoms with van der Waals surface area (Å²) in [6.07, 6.45) is 3.46. The number of carbonyl (C=O) groups excluding carboxylic acids is 1. The van der Waals surface area contributed by atoms with Gasteiger partial charge in [0.15, 0.2) is 0 Å². The fourth-order valence-corrected chi connectivity index (χ4v) is 2.23. The zero-order valence-electron chi connectivity index (χ0n) is 13.4. The zero-order chi connectivity index (χ0) is 16.5. The summed E-state index contributed by atoms with van der Waals surface area (Å²) >= 11 is 0. The molecule has 0 spiro atoms. The van der Waals surface area contributed by atoms with Crippen LogP contribution in [0.5, 0.6) is 5.75 Å². The number of hydrogen-bond acceptors (Lipinski definition) is 5. The van der Waals surface area contributed by atoms with Crippen molar-refractivity contribution in [3.63, 3.8) is 0 Å². The Bertz CT molecular complexity index is 595. The second-order valence-corrected chi connectivity index (χ2v) is 5.43. The number of rotatable bonds is 9. The van der Waals surface area contributed by atoms with E-state index in [0.29, 0.717) is 19.7 Å². The molecular formula is C18H23NO4. The first-order valence-corrected chi connectivity index (χ1v) is 7.86. The van der Waals surface area contributed by atoms with Crippen molar-refractivity contribution < 1.29 is 19.1 Å². The summed E-state index contributed by atoms with van der Waals surface area (Å²) in [6.45, 7) is 3.56. The lowest BCUT2D eigenvalue weighted by Gasteiger charge is -2.21. The Morgan fingerprint density at radius 1 is 1.22 bits per heavy atom. The minimum absolute atomic E-state index is 0.152. The number of phenols is 1. The van der Waals surface area contributed by atoms with Crippen molar-refractivity contribution in [2.75, 3.05) is 13.2 Å². The third kappa shape index (κ3) is 5.79. The minimum Gasteiger partial charge on any atom is -0.508 e. The number of benzene rings is 1. The Balaban J connectivity index is 1.99. The SMILES string of the molecule is CCCCOC(=O)CN(Cc1ccco1)Cc1ccccc1O. The lowest BCUT2D eigenvalue weighted by molar-refractivity contribution is -0.145. The summed E-state index contributed by atoms with van der Waals surface area (Å²) in [4.78, 5) is 13.9. The predicted molar refractivity (Wildman–Crippen MR) is 86.8 cm³/mol. The molecule has 23 heavy (non-hydrogen) atoms. The Hall–Kier alpha value is -2.27. The van der Waals surface area contributed by atoms with E-state index in [9.17, 15) is 9.90 Å². The second-order valence-electron chi connectivity index (χ2n) is 5.43. The lowest BCUT2D eigenvalue weighted by atomic mass is 10.2. The van der Waals surface area contributed by atoms with E-state index in [1.807, 2.05) is 29.2 Å². The number of ether oxygens (including phenoxy) is 1. The molecule has 1 heterocycles. The van der Waals surface area contributed by atoms with E-state index in [-0.39, 0.29) is 18.3 Å². The van der Waals surface area contributed by atoms with Crippen molar-refractivity contribution in [3.8, 4) is 5.75 Å². The van der Waals surface area contributed by atoms with Crippen LogP contribution in [0.3, 0.4) is 0 Å². The molecule has 0 atom stereocenters. The first-order valence-electron chi connectivity index (χ1n) is 7.86. The maximum absolute atomic E-state index is 12.0. The smallest absolute Gasteiger partial charge is 0.320 e. The van der Waals surface area contributed by atoms with Crippen LogP contribution >= 0.6 is 0 Å². The second kappa shape index (κ2) is 9.00. The summed E-state index contributed by atoms with van der Waals surface area (Å²) in [5.74, 6) is 0.721. The Labute approximate surface area is 136 Å². The van der Waals surface area contributed by atoms with Gasteiger partial charge in [0.2, 0.25) is 0 Å².